The van der Waals surface area contributed by atoms with Gasteiger partial charge in [-0.2, -0.15) is 0 Å². The van der Waals surface area contributed by atoms with E-state index in [1.165, 1.54) is 55.7 Å². The van der Waals surface area contributed by atoms with Crippen molar-refractivity contribution in [2.75, 3.05) is 32.7 Å². The second-order valence-corrected chi connectivity index (χ2v) is 10.2. The highest BCUT2D eigenvalue weighted by atomic mass is 32.1. The van der Waals surface area contributed by atoms with E-state index in [0.29, 0.717) is 11.8 Å². The molecule has 0 bridgehead atoms. The van der Waals surface area contributed by atoms with E-state index in [2.05, 4.69) is 88.7 Å². The molecule has 2 aromatic rings. The zero-order chi connectivity index (χ0) is 21.8. The van der Waals surface area contributed by atoms with Crippen LogP contribution in [0.4, 0.5) is 0 Å². The monoisotopic (exact) mass is 442 g/mol. The van der Waals surface area contributed by atoms with Gasteiger partial charge in [-0.1, -0.05) is 91.1 Å². The molecule has 2 aliphatic heterocycles. The minimum Gasteiger partial charge on any atom is -0.303 e. The molecule has 0 amide bonds. The molecule has 2 heterocycles. The molecule has 2 nitrogen and oxygen atoms in total. The lowest BCUT2D eigenvalue weighted by atomic mass is 9.83. The first-order valence-corrected chi connectivity index (χ1v) is 12.6. The van der Waals surface area contributed by atoms with Crippen molar-refractivity contribution in [1.29, 1.82) is 0 Å². The van der Waals surface area contributed by atoms with E-state index in [9.17, 15) is 0 Å². The molecular weight excluding hydrogens is 408 g/mol. The fraction of sp³-hybridized carbons (Fsp3) is 0.414. The lowest BCUT2D eigenvalue weighted by Crippen LogP contribution is -2.39. The van der Waals surface area contributed by atoms with E-state index in [0.717, 1.165) is 30.3 Å². The molecule has 1 aliphatic carbocycles. The molecule has 32 heavy (non-hydrogen) atoms. The Kier molecular flexibility index (Phi) is 6.97. The van der Waals surface area contributed by atoms with Gasteiger partial charge >= 0.3 is 0 Å². The Morgan fingerprint density at radius 2 is 1.56 bits per heavy atom. The third-order valence-electron chi connectivity index (χ3n) is 7.55. The quantitative estimate of drug-likeness (QED) is 0.517. The number of hydrogen-bond acceptors (Lipinski definition) is 3. The standard InChI is InChI=1S/C29H34N2S/c32-29-14-8-7-13-27(29)28-22-31(19-23-9-3-1-4-10-23)21-26(28)20-30-17-15-25(16-18-30)24-11-5-2-6-12-24/h1-13,25-26,28H,14-22H2. The van der Waals surface area contributed by atoms with Crippen molar-refractivity contribution in [2.24, 2.45) is 11.8 Å². The number of piperidine rings is 1. The summed E-state index contributed by atoms with van der Waals surface area (Å²) in [4.78, 5) is 6.54. The van der Waals surface area contributed by atoms with Gasteiger partial charge in [0.15, 0.2) is 0 Å². The van der Waals surface area contributed by atoms with Gasteiger partial charge in [0.05, 0.1) is 0 Å². The summed E-state index contributed by atoms with van der Waals surface area (Å²) in [6.45, 7) is 6.96. The highest BCUT2D eigenvalue weighted by Crippen LogP contribution is 2.35. The van der Waals surface area contributed by atoms with E-state index < -0.39 is 0 Å². The van der Waals surface area contributed by atoms with Crippen LogP contribution < -0.4 is 0 Å². The third kappa shape index (κ3) is 5.11. The van der Waals surface area contributed by atoms with E-state index in [-0.39, 0.29) is 0 Å². The van der Waals surface area contributed by atoms with Crippen molar-refractivity contribution in [1.82, 2.24) is 9.80 Å². The van der Waals surface area contributed by atoms with Gasteiger partial charge in [-0.25, -0.2) is 0 Å². The Labute approximate surface area is 198 Å². The van der Waals surface area contributed by atoms with Crippen molar-refractivity contribution in [3.63, 3.8) is 0 Å². The van der Waals surface area contributed by atoms with Gasteiger partial charge in [0, 0.05) is 43.4 Å². The molecule has 2 aromatic carbocycles. The fourth-order valence-corrected chi connectivity index (χ4v) is 6.18. The second kappa shape index (κ2) is 10.2. The molecule has 0 N–H and O–H groups in total. The average molecular weight is 443 g/mol. The van der Waals surface area contributed by atoms with Gasteiger partial charge in [0.25, 0.3) is 0 Å². The first kappa shape index (κ1) is 21.8. The minimum absolute atomic E-state index is 0.558. The van der Waals surface area contributed by atoms with E-state index >= 15 is 0 Å². The third-order valence-corrected chi connectivity index (χ3v) is 7.96. The molecule has 0 saturated carbocycles. The smallest absolute Gasteiger partial charge is 0.0234 e. The van der Waals surface area contributed by atoms with Crippen LogP contribution >= 0.6 is 12.2 Å². The lowest BCUT2D eigenvalue weighted by Gasteiger charge is -2.35. The number of likely N-dealkylation sites (tertiary alicyclic amines) is 2. The summed E-state index contributed by atoms with van der Waals surface area (Å²) in [5.41, 5.74) is 4.36. The Bertz CT molecular complexity index is 957. The van der Waals surface area contributed by atoms with Crippen molar-refractivity contribution in [3.8, 4) is 0 Å². The summed E-state index contributed by atoms with van der Waals surface area (Å²) in [5.74, 6) is 1.94. The van der Waals surface area contributed by atoms with Crippen molar-refractivity contribution < 1.29 is 0 Å². The Morgan fingerprint density at radius 1 is 0.844 bits per heavy atom. The molecule has 3 aliphatic rings. The average Bonchev–Trinajstić information content (AvgIpc) is 3.22. The number of hydrogen-bond donors (Lipinski definition) is 0. The van der Waals surface area contributed by atoms with Gasteiger partial charge in [-0.15, -0.1) is 0 Å². The molecule has 166 valence electrons. The minimum atomic E-state index is 0.558. The van der Waals surface area contributed by atoms with Crippen LogP contribution in [0.2, 0.25) is 0 Å². The number of nitrogens with zero attached hydrogens (tertiary/aromatic N) is 2. The Balaban J connectivity index is 1.25. The van der Waals surface area contributed by atoms with Crippen molar-refractivity contribution in [3.05, 3.63) is 95.6 Å². The normalized spacial score (nSPS) is 25.2. The Hall–Kier alpha value is -2.07. The zero-order valence-corrected chi connectivity index (χ0v) is 19.7. The predicted octanol–water partition coefficient (Wildman–Crippen LogP) is 5.87. The summed E-state index contributed by atoms with van der Waals surface area (Å²) >= 11 is 5.81. The summed E-state index contributed by atoms with van der Waals surface area (Å²) in [5, 5.41) is 0. The van der Waals surface area contributed by atoms with Crippen LogP contribution in [0.15, 0.2) is 84.5 Å². The van der Waals surface area contributed by atoms with Crippen LogP contribution in [-0.2, 0) is 6.54 Å². The van der Waals surface area contributed by atoms with Gasteiger partial charge in [-0.05, 0) is 54.5 Å². The molecule has 2 unspecified atom stereocenters. The summed E-state index contributed by atoms with van der Waals surface area (Å²) in [6.07, 6.45) is 10.2. The van der Waals surface area contributed by atoms with Crippen LogP contribution in [0.5, 0.6) is 0 Å². The maximum absolute atomic E-state index is 5.81. The van der Waals surface area contributed by atoms with E-state index in [4.69, 9.17) is 12.2 Å². The number of allylic oxidation sites excluding steroid dienone is 3. The molecular formula is C29H34N2S. The van der Waals surface area contributed by atoms with Gasteiger partial charge < -0.3 is 4.90 Å². The van der Waals surface area contributed by atoms with Gasteiger partial charge in [-0.3, -0.25) is 4.90 Å². The highest BCUT2D eigenvalue weighted by molar-refractivity contribution is 7.80. The SMILES string of the molecule is S=C1CC=CC=C1C1CN(Cc2ccccc2)CC1CN1CCC(c2ccccc2)CC1. The first-order valence-electron chi connectivity index (χ1n) is 12.2. The molecule has 0 spiro atoms. The van der Waals surface area contributed by atoms with Crippen LogP contribution in [0.1, 0.15) is 36.3 Å². The van der Waals surface area contributed by atoms with E-state index in [1.807, 2.05) is 0 Å². The molecule has 5 rings (SSSR count). The zero-order valence-electron chi connectivity index (χ0n) is 18.9. The first-order chi connectivity index (χ1) is 15.8. The largest absolute Gasteiger partial charge is 0.303 e. The Morgan fingerprint density at radius 3 is 2.28 bits per heavy atom. The van der Waals surface area contributed by atoms with E-state index in [1.54, 1.807) is 0 Å². The molecule has 3 heteroatoms. The molecule has 2 fully saturated rings. The number of benzene rings is 2. The van der Waals surface area contributed by atoms with Crippen LogP contribution in [0, 0.1) is 11.8 Å². The number of rotatable bonds is 6. The maximum atomic E-state index is 5.81. The second-order valence-electron chi connectivity index (χ2n) is 9.71. The van der Waals surface area contributed by atoms with Gasteiger partial charge in [0.1, 0.15) is 0 Å². The molecule has 2 atom stereocenters. The predicted molar refractivity (Wildman–Crippen MR) is 138 cm³/mol. The van der Waals surface area contributed by atoms with Gasteiger partial charge in [0.2, 0.25) is 0 Å². The topological polar surface area (TPSA) is 6.48 Å². The van der Waals surface area contributed by atoms with Crippen LogP contribution in [0.3, 0.4) is 0 Å². The molecule has 0 radical (unpaired) electrons. The van der Waals surface area contributed by atoms with Crippen LogP contribution in [0.25, 0.3) is 0 Å². The van der Waals surface area contributed by atoms with Crippen LogP contribution in [-0.4, -0.2) is 47.4 Å². The summed E-state index contributed by atoms with van der Waals surface area (Å²) < 4.78 is 0. The number of thiocarbonyl (C=S) groups is 1. The maximum Gasteiger partial charge on any atom is 0.0234 e. The van der Waals surface area contributed by atoms with Crippen molar-refractivity contribution >= 4 is 17.1 Å². The van der Waals surface area contributed by atoms with Crippen molar-refractivity contribution in [2.45, 2.75) is 31.7 Å². The fourth-order valence-electron chi connectivity index (χ4n) is 5.86. The summed E-state index contributed by atoms with van der Waals surface area (Å²) in [7, 11) is 0. The highest BCUT2D eigenvalue weighted by Gasteiger charge is 2.37. The lowest BCUT2D eigenvalue weighted by molar-refractivity contribution is 0.174. The molecule has 2 saturated heterocycles. The molecule has 0 aromatic heterocycles. The summed E-state index contributed by atoms with van der Waals surface area (Å²) in [6, 6.07) is 22.0.